The molecule has 1 aliphatic rings. The van der Waals surface area contributed by atoms with Gasteiger partial charge in [-0.3, -0.25) is 9.59 Å². The number of hydrogen-bond acceptors (Lipinski definition) is 3. The van der Waals surface area contributed by atoms with Gasteiger partial charge in [-0.15, -0.1) is 0 Å². The van der Waals surface area contributed by atoms with Gasteiger partial charge >= 0.3 is 0 Å². The first-order valence-corrected chi connectivity index (χ1v) is 9.36. The zero-order valence-corrected chi connectivity index (χ0v) is 16.0. The Morgan fingerprint density at radius 1 is 1.04 bits per heavy atom. The molecule has 4 heteroatoms. The standard InChI is InChI=1S/C23H25NO3/c1-4-5-13-24-20(18-8-6-7-16(3)14-18)19(22(26)23(24)27)21(25)17-11-9-15(2)10-12-17/h6-12,14,20,25H,4-5,13H2,1-3H3. The fourth-order valence-electron chi connectivity index (χ4n) is 3.49. The third-order valence-corrected chi connectivity index (χ3v) is 4.98. The minimum absolute atomic E-state index is 0.112. The van der Waals surface area contributed by atoms with E-state index in [1.807, 2.05) is 57.2 Å². The summed E-state index contributed by atoms with van der Waals surface area (Å²) in [5.74, 6) is -1.27. The van der Waals surface area contributed by atoms with Crippen LogP contribution in [0.25, 0.3) is 5.76 Å². The lowest BCUT2D eigenvalue weighted by atomic mass is 9.94. The molecule has 4 nitrogen and oxygen atoms in total. The van der Waals surface area contributed by atoms with Crippen LogP contribution in [-0.2, 0) is 9.59 Å². The van der Waals surface area contributed by atoms with Crippen molar-refractivity contribution in [2.45, 2.75) is 39.7 Å². The monoisotopic (exact) mass is 363 g/mol. The molecule has 2 aromatic carbocycles. The molecule has 3 rings (SSSR count). The van der Waals surface area contributed by atoms with E-state index in [0.717, 1.165) is 29.5 Å². The number of carbonyl (C=O) groups excluding carboxylic acids is 2. The Kier molecular flexibility index (Phi) is 5.45. The number of aliphatic hydroxyl groups excluding tert-OH is 1. The Morgan fingerprint density at radius 3 is 2.37 bits per heavy atom. The number of aliphatic hydroxyl groups is 1. The Morgan fingerprint density at radius 2 is 1.74 bits per heavy atom. The van der Waals surface area contributed by atoms with Crippen LogP contribution in [0.2, 0.25) is 0 Å². The second-order valence-corrected chi connectivity index (χ2v) is 7.13. The van der Waals surface area contributed by atoms with Crippen LogP contribution in [-0.4, -0.2) is 28.2 Å². The zero-order chi connectivity index (χ0) is 19.6. The van der Waals surface area contributed by atoms with Crippen LogP contribution in [0.1, 0.15) is 48.1 Å². The fourth-order valence-corrected chi connectivity index (χ4v) is 3.49. The smallest absolute Gasteiger partial charge is 0.295 e. The van der Waals surface area contributed by atoms with Crippen molar-refractivity contribution in [3.8, 4) is 0 Å². The Labute approximate surface area is 160 Å². The number of ketones is 1. The quantitative estimate of drug-likeness (QED) is 0.482. The van der Waals surface area contributed by atoms with Gasteiger partial charge in [0.05, 0.1) is 11.6 Å². The fraction of sp³-hybridized carbons (Fsp3) is 0.304. The highest BCUT2D eigenvalue weighted by molar-refractivity contribution is 6.46. The molecule has 0 radical (unpaired) electrons. The van der Waals surface area contributed by atoms with Gasteiger partial charge in [0.25, 0.3) is 11.7 Å². The number of Topliss-reactive ketones (excluding diaryl/α,β-unsaturated/α-hetero) is 1. The van der Waals surface area contributed by atoms with E-state index in [-0.39, 0.29) is 11.3 Å². The summed E-state index contributed by atoms with van der Waals surface area (Å²) in [5, 5.41) is 10.9. The number of likely N-dealkylation sites (tertiary alicyclic amines) is 1. The average molecular weight is 363 g/mol. The van der Waals surface area contributed by atoms with Gasteiger partial charge in [0.1, 0.15) is 5.76 Å². The highest BCUT2D eigenvalue weighted by Crippen LogP contribution is 2.39. The molecule has 140 valence electrons. The minimum atomic E-state index is -0.615. The summed E-state index contributed by atoms with van der Waals surface area (Å²) in [4.78, 5) is 27.1. The van der Waals surface area contributed by atoms with Gasteiger partial charge in [-0.05, 0) is 25.8 Å². The second-order valence-electron chi connectivity index (χ2n) is 7.13. The normalized spacial score (nSPS) is 18.9. The van der Waals surface area contributed by atoms with Gasteiger partial charge in [-0.1, -0.05) is 73.0 Å². The summed E-state index contributed by atoms with van der Waals surface area (Å²) in [6, 6.07) is 14.5. The lowest BCUT2D eigenvalue weighted by Crippen LogP contribution is -2.30. The van der Waals surface area contributed by atoms with Crippen molar-refractivity contribution in [2.75, 3.05) is 6.54 Å². The third kappa shape index (κ3) is 3.65. The molecule has 1 aliphatic heterocycles. The largest absolute Gasteiger partial charge is 0.507 e. The molecular formula is C23H25NO3. The number of rotatable bonds is 5. The van der Waals surface area contributed by atoms with E-state index in [4.69, 9.17) is 0 Å². The van der Waals surface area contributed by atoms with Crippen LogP contribution in [0.3, 0.4) is 0 Å². The zero-order valence-electron chi connectivity index (χ0n) is 16.0. The molecule has 1 atom stereocenters. The van der Waals surface area contributed by atoms with E-state index < -0.39 is 17.7 Å². The van der Waals surface area contributed by atoms with Crippen LogP contribution >= 0.6 is 0 Å². The summed E-state index contributed by atoms with van der Waals surface area (Å²) in [5.41, 5.74) is 3.67. The topological polar surface area (TPSA) is 57.6 Å². The molecule has 0 aliphatic carbocycles. The van der Waals surface area contributed by atoms with Crippen molar-refractivity contribution in [3.63, 3.8) is 0 Å². The molecule has 1 unspecified atom stereocenters. The van der Waals surface area contributed by atoms with E-state index in [2.05, 4.69) is 0 Å². The molecule has 1 saturated heterocycles. The maximum Gasteiger partial charge on any atom is 0.295 e. The average Bonchev–Trinajstić information content (AvgIpc) is 2.91. The van der Waals surface area contributed by atoms with Gasteiger partial charge in [-0.2, -0.15) is 0 Å². The predicted molar refractivity (Wildman–Crippen MR) is 106 cm³/mol. The molecule has 0 bridgehead atoms. The maximum atomic E-state index is 12.8. The van der Waals surface area contributed by atoms with Crippen molar-refractivity contribution < 1.29 is 14.7 Å². The van der Waals surface area contributed by atoms with E-state index in [1.165, 1.54) is 0 Å². The first-order chi connectivity index (χ1) is 12.9. The Bertz CT molecular complexity index is 896. The van der Waals surface area contributed by atoms with E-state index in [9.17, 15) is 14.7 Å². The van der Waals surface area contributed by atoms with Crippen LogP contribution < -0.4 is 0 Å². The highest BCUT2D eigenvalue weighted by atomic mass is 16.3. The van der Waals surface area contributed by atoms with Crippen LogP contribution in [0.4, 0.5) is 0 Å². The van der Waals surface area contributed by atoms with E-state index in [1.54, 1.807) is 17.0 Å². The predicted octanol–water partition coefficient (Wildman–Crippen LogP) is 4.53. The molecule has 0 saturated carbocycles. The first-order valence-electron chi connectivity index (χ1n) is 9.36. The number of carbonyl (C=O) groups is 2. The summed E-state index contributed by atoms with van der Waals surface area (Å²) in [7, 11) is 0. The number of nitrogens with zero attached hydrogens (tertiary/aromatic N) is 1. The number of amides is 1. The summed E-state index contributed by atoms with van der Waals surface area (Å²) in [6.45, 7) is 6.47. The van der Waals surface area contributed by atoms with Crippen molar-refractivity contribution in [3.05, 3.63) is 76.4 Å². The lowest BCUT2D eigenvalue weighted by molar-refractivity contribution is -0.139. The molecule has 0 spiro atoms. The van der Waals surface area contributed by atoms with E-state index >= 15 is 0 Å². The first kappa shape index (κ1) is 18.9. The molecule has 1 amide bonds. The van der Waals surface area contributed by atoms with E-state index in [0.29, 0.717) is 12.1 Å². The summed E-state index contributed by atoms with van der Waals surface area (Å²) >= 11 is 0. The summed E-state index contributed by atoms with van der Waals surface area (Å²) < 4.78 is 0. The van der Waals surface area contributed by atoms with Crippen molar-refractivity contribution >= 4 is 17.4 Å². The molecule has 27 heavy (non-hydrogen) atoms. The van der Waals surface area contributed by atoms with Crippen molar-refractivity contribution in [2.24, 2.45) is 0 Å². The molecule has 1 fully saturated rings. The lowest BCUT2D eigenvalue weighted by Gasteiger charge is -2.25. The third-order valence-electron chi connectivity index (χ3n) is 4.98. The maximum absolute atomic E-state index is 12.8. The Balaban J connectivity index is 2.16. The number of unbranched alkanes of at least 4 members (excludes halogenated alkanes) is 1. The SMILES string of the molecule is CCCCN1C(=O)C(=O)C(=C(O)c2ccc(C)cc2)C1c1cccc(C)c1. The van der Waals surface area contributed by atoms with Crippen LogP contribution in [0.5, 0.6) is 0 Å². The van der Waals surface area contributed by atoms with Gasteiger partial charge < -0.3 is 10.0 Å². The van der Waals surface area contributed by atoms with Crippen LogP contribution in [0, 0.1) is 13.8 Å². The van der Waals surface area contributed by atoms with Crippen molar-refractivity contribution in [1.82, 2.24) is 4.90 Å². The molecular weight excluding hydrogens is 338 g/mol. The number of benzene rings is 2. The summed E-state index contributed by atoms with van der Waals surface area (Å²) in [6.07, 6.45) is 1.72. The number of hydrogen-bond donors (Lipinski definition) is 1. The molecule has 1 heterocycles. The molecule has 2 aromatic rings. The number of aryl methyl sites for hydroxylation is 2. The Hall–Kier alpha value is -2.88. The van der Waals surface area contributed by atoms with Gasteiger partial charge in [0.2, 0.25) is 0 Å². The van der Waals surface area contributed by atoms with Gasteiger partial charge in [0.15, 0.2) is 0 Å². The van der Waals surface area contributed by atoms with Crippen molar-refractivity contribution in [1.29, 1.82) is 0 Å². The van der Waals surface area contributed by atoms with Gasteiger partial charge in [-0.25, -0.2) is 0 Å². The highest BCUT2D eigenvalue weighted by Gasteiger charge is 2.45. The second kappa shape index (κ2) is 7.78. The van der Waals surface area contributed by atoms with Gasteiger partial charge in [0, 0.05) is 12.1 Å². The van der Waals surface area contributed by atoms with Crippen LogP contribution in [0.15, 0.2) is 54.1 Å². The minimum Gasteiger partial charge on any atom is -0.507 e. The molecule has 1 N–H and O–H groups in total. The molecule has 0 aromatic heterocycles.